The van der Waals surface area contributed by atoms with Crippen LogP contribution in [0.2, 0.25) is 10.0 Å². The molecule has 7 heteroatoms. The molecular formula is C21H17Cl2N3O2. The van der Waals surface area contributed by atoms with E-state index in [0.717, 1.165) is 28.8 Å². The number of benzene rings is 1. The lowest BCUT2D eigenvalue weighted by molar-refractivity contribution is 0.0517. The maximum Gasteiger partial charge on any atom is 0.359 e. The van der Waals surface area contributed by atoms with Crippen LogP contribution in [0.5, 0.6) is 0 Å². The predicted molar refractivity (Wildman–Crippen MR) is 110 cm³/mol. The fourth-order valence-electron chi connectivity index (χ4n) is 3.37. The summed E-state index contributed by atoms with van der Waals surface area (Å²) in [6, 6.07) is 11.6. The number of esters is 1. The van der Waals surface area contributed by atoms with Crippen LogP contribution < -0.4 is 0 Å². The number of carbonyl (C=O) groups excluding carboxylic acids is 1. The lowest BCUT2D eigenvalue weighted by Gasteiger charge is -2.09. The number of carbonyl (C=O) groups is 1. The van der Waals surface area contributed by atoms with Gasteiger partial charge in [-0.25, -0.2) is 14.5 Å². The van der Waals surface area contributed by atoms with E-state index in [1.54, 1.807) is 17.7 Å². The number of hydrogen-bond donors (Lipinski definition) is 0. The molecule has 2 aromatic heterocycles. The molecule has 5 nitrogen and oxygen atoms in total. The number of aromatic nitrogens is 3. The Bertz CT molecular complexity index is 1070. The summed E-state index contributed by atoms with van der Waals surface area (Å²) in [5.74, 6) is -0.0118. The number of fused-ring (bicyclic) bond motifs is 1. The van der Waals surface area contributed by atoms with Crippen molar-refractivity contribution < 1.29 is 9.53 Å². The van der Waals surface area contributed by atoms with Crippen LogP contribution in [0.3, 0.4) is 0 Å². The molecule has 3 aromatic rings. The van der Waals surface area contributed by atoms with Gasteiger partial charge in [0.05, 0.1) is 22.3 Å². The lowest BCUT2D eigenvalue weighted by Crippen LogP contribution is -2.09. The molecule has 142 valence electrons. The first kappa shape index (κ1) is 18.7. The molecule has 1 aliphatic rings. The van der Waals surface area contributed by atoms with Crippen molar-refractivity contribution in [3.8, 4) is 5.82 Å². The Morgan fingerprint density at radius 3 is 2.75 bits per heavy atom. The quantitative estimate of drug-likeness (QED) is 0.548. The number of allylic oxidation sites excluding steroid dienone is 1. The van der Waals surface area contributed by atoms with Crippen LogP contribution in [-0.4, -0.2) is 27.3 Å². The van der Waals surface area contributed by atoms with Crippen molar-refractivity contribution in [1.29, 1.82) is 0 Å². The van der Waals surface area contributed by atoms with Crippen LogP contribution in [0.4, 0.5) is 0 Å². The zero-order valence-corrected chi connectivity index (χ0v) is 16.7. The summed E-state index contributed by atoms with van der Waals surface area (Å²) in [7, 11) is 0. The van der Waals surface area contributed by atoms with E-state index < -0.39 is 5.97 Å². The second-order valence-corrected chi connectivity index (χ2v) is 7.19. The SMILES string of the molecule is CCOC(=O)c1nn(-c2ncc(Cl)cc2Cl)c2c1CCC2=Cc1ccccc1. The Morgan fingerprint density at radius 1 is 1.25 bits per heavy atom. The van der Waals surface area contributed by atoms with E-state index >= 15 is 0 Å². The number of nitrogens with zero attached hydrogens (tertiary/aromatic N) is 3. The Labute approximate surface area is 172 Å². The number of rotatable bonds is 4. The third-order valence-electron chi connectivity index (χ3n) is 4.53. The number of pyridine rings is 1. The Kier molecular flexibility index (Phi) is 5.20. The third kappa shape index (κ3) is 3.43. The maximum atomic E-state index is 12.5. The molecule has 1 aromatic carbocycles. The van der Waals surface area contributed by atoms with Gasteiger partial charge in [0.1, 0.15) is 0 Å². The fraction of sp³-hybridized carbons (Fsp3) is 0.190. The average molecular weight is 414 g/mol. The predicted octanol–water partition coefficient (Wildman–Crippen LogP) is 5.24. The highest BCUT2D eigenvalue weighted by molar-refractivity contribution is 6.35. The molecule has 0 atom stereocenters. The molecule has 0 saturated carbocycles. The van der Waals surface area contributed by atoms with Crippen LogP contribution in [-0.2, 0) is 11.2 Å². The van der Waals surface area contributed by atoms with Gasteiger partial charge in [0, 0.05) is 11.8 Å². The monoisotopic (exact) mass is 413 g/mol. The van der Waals surface area contributed by atoms with Gasteiger partial charge in [0.2, 0.25) is 0 Å². The molecule has 0 unspecified atom stereocenters. The minimum absolute atomic E-state index is 0.285. The second-order valence-electron chi connectivity index (χ2n) is 6.35. The van der Waals surface area contributed by atoms with Gasteiger partial charge in [-0.05, 0) is 43.0 Å². The zero-order chi connectivity index (χ0) is 19.7. The largest absolute Gasteiger partial charge is 0.461 e. The van der Waals surface area contributed by atoms with E-state index in [-0.39, 0.29) is 6.61 Å². The van der Waals surface area contributed by atoms with E-state index in [1.165, 1.54) is 6.20 Å². The minimum Gasteiger partial charge on any atom is -0.461 e. The third-order valence-corrected chi connectivity index (χ3v) is 5.02. The summed E-state index contributed by atoms with van der Waals surface area (Å²) in [6.07, 6.45) is 5.10. The Hall–Kier alpha value is -2.63. The van der Waals surface area contributed by atoms with Gasteiger partial charge >= 0.3 is 5.97 Å². The number of halogens is 2. The van der Waals surface area contributed by atoms with Crippen LogP contribution >= 0.6 is 23.2 Å². The van der Waals surface area contributed by atoms with Crippen LogP contribution in [0, 0.1) is 0 Å². The van der Waals surface area contributed by atoms with Gasteiger partial charge in [0.15, 0.2) is 11.5 Å². The van der Waals surface area contributed by atoms with Crippen molar-refractivity contribution in [2.24, 2.45) is 0 Å². The summed E-state index contributed by atoms with van der Waals surface area (Å²) in [6.45, 7) is 2.06. The van der Waals surface area contributed by atoms with Crippen LogP contribution in [0.15, 0.2) is 42.6 Å². The van der Waals surface area contributed by atoms with Crippen molar-refractivity contribution in [1.82, 2.24) is 14.8 Å². The first-order valence-corrected chi connectivity index (χ1v) is 9.70. The van der Waals surface area contributed by atoms with E-state index in [9.17, 15) is 4.79 Å². The molecule has 4 rings (SSSR count). The highest BCUT2D eigenvalue weighted by Gasteiger charge is 2.31. The van der Waals surface area contributed by atoms with Gasteiger partial charge in [-0.3, -0.25) is 0 Å². The van der Waals surface area contributed by atoms with Crippen molar-refractivity contribution in [3.05, 3.63) is 75.2 Å². The molecule has 0 fully saturated rings. The van der Waals surface area contributed by atoms with Crippen LogP contribution in [0.1, 0.15) is 40.7 Å². The van der Waals surface area contributed by atoms with Crippen molar-refractivity contribution in [2.75, 3.05) is 6.61 Å². The van der Waals surface area contributed by atoms with Gasteiger partial charge in [-0.15, -0.1) is 0 Å². The van der Waals surface area contributed by atoms with E-state index in [2.05, 4.69) is 16.2 Å². The lowest BCUT2D eigenvalue weighted by atomic mass is 10.1. The summed E-state index contributed by atoms with van der Waals surface area (Å²) < 4.78 is 6.82. The first-order valence-electron chi connectivity index (χ1n) is 8.95. The molecule has 0 spiro atoms. The van der Waals surface area contributed by atoms with Gasteiger partial charge in [-0.1, -0.05) is 53.5 Å². The van der Waals surface area contributed by atoms with Gasteiger partial charge < -0.3 is 4.74 Å². The topological polar surface area (TPSA) is 57.0 Å². The number of hydrogen-bond acceptors (Lipinski definition) is 4. The summed E-state index contributed by atoms with van der Waals surface area (Å²) >= 11 is 12.4. The molecule has 0 aliphatic heterocycles. The maximum absolute atomic E-state index is 12.5. The van der Waals surface area contributed by atoms with Crippen molar-refractivity contribution >= 4 is 40.8 Å². The standard InChI is InChI=1S/C21H17Cl2N3O2/c1-2-28-21(27)18-16-9-8-14(10-13-6-4-3-5-7-13)19(16)26(25-18)20-17(23)11-15(22)12-24-20/h3-7,10-12H,2,8-9H2,1H3. The first-order chi connectivity index (χ1) is 13.6. The summed E-state index contributed by atoms with van der Waals surface area (Å²) in [5, 5.41) is 5.31. The minimum atomic E-state index is -0.441. The molecule has 1 aliphatic carbocycles. The normalized spacial score (nSPS) is 14.3. The molecule has 0 N–H and O–H groups in total. The van der Waals surface area contributed by atoms with E-state index in [0.29, 0.717) is 28.0 Å². The average Bonchev–Trinajstić information content (AvgIpc) is 3.24. The zero-order valence-electron chi connectivity index (χ0n) is 15.2. The van der Waals surface area contributed by atoms with Crippen molar-refractivity contribution in [2.45, 2.75) is 19.8 Å². The molecule has 0 amide bonds. The van der Waals surface area contributed by atoms with Gasteiger partial charge in [-0.2, -0.15) is 5.10 Å². The van der Waals surface area contributed by atoms with E-state index in [4.69, 9.17) is 27.9 Å². The molecule has 0 bridgehead atoms. The van der Waals surface area contributed by atoms with Crippen LogP contribution in [0.25, 0.3) is 17.5 Å². The number of ether oxygens (including phenoxy) is 1. The highest BCUT2D eigenvalue weighted by Crippen LogP contribution is 2.38. The second kappa shape index (κ2) is 7.78. The molecule has 0 radical (unpaired) electrons. The fourth-order valence-corrected chi connectivity index (χ4v) is 3.83. The molecule has 2 heterocycles. The van der Waals surface area contributed by atoms with Gasteiger partial charge in [0.25, 0.3) is 0 Å². The summed E-state index contributed by atoms with van der Waals surface area (Å²) in [4.78, 5) is 16.8. The molecule has 0 saturated heterocycles. The Morgan fingerprint density at radius 2 is 2.04 bits per heavy atom. The smallest absolute Gasteiger partial charge is 0.359 e. The highest BCUT2D eigenvalue weighted by atomic mass is 35.5. The summed E-state index contributed by atoms with van der Waals surface area (Å²) in [5.41, 5.74) is 4.14. The Balaban J connectivity index is 1.90. The molecular weight excluding hydrogens is 397 g/mol. The van der Waals surface area contributed by atoms with E-state index in [1.807, 2.05) is 30.3 Å². The molecule has 28 heavy (non-hydrogen) atoms. The van der Waals surface area contributed by atoms with Crippen molar-refractivity contribution in [3.63, 3.8) is 0 Å².